The van der Waals surface area contributed by atoms with E-state index >= 15 is 0 Å². The van der Waals surface area contributed by atoms with E-state index in [2.05, 4.69) is 22.8 Å². The monoisotopic (exact) mass is 526 g/mol. The molecule has 8 heteroatoms. The lowest BCUT2D eigenvalue weighted by Crippen LogP contribution is -2.47. The summed E-state index contributed by atoms with van der Waals surface area (Å²) < 4.78 is 0. The SMILES string of the molecule is CC(C)C(CC(=O)NCCc1ccccc1)C(=O)NC(CC(=O)O)C(=O)CSCCCc1ccccc1. The van der Waals surface area contributed by atoms with Gasteiger partial charge in [0.05, 0.1) is 18.2 Å². The fourth-order valence-electron chi connectivity index (χ4n) is 3.89. The van der Waals surface area contributed by atoms with Crippen LogP contribution < -0.4 is 10.6 Å². The first-order valence-electron chi connectivity index (χ1n) is 12.7. The number of carboxylic acids is 1. The van der Waals surface area contributed by atoms with Gasteiger partial charge in [-0.05, 0) is 42.1 Å². The Balaban J connectivity index is 1.83. The number of benzene rings is 2. The maximum Gasteiger partial charge on any atom is 0.305 e. The predicted molar refractivity (Wildman–Crippen MR) is 147 cm³/mol. The van der Waals surface area contributed by atoms with Gasteiger partial charge in [0.2, 0.25) is 11.8 Å². The number of nitrogens with one attached hydrogen (secondary N) is 2. The van der Waals surface area contributed by atoms with Crippen LogP contribution in [0, 0.1) is 11.8 Å². The van der Waals surface area contributed by atoms with Crippen molar-refractivity contribution >= 4 is 35.3 Å². The van der Waals surface area contributed by atoms with Crippen LogP contribution in [0.25, 0.3) is 0 Å². The zero-order chi connectivity index (χ0) is 27.0. The van der Waals surface area contributed by atoms with Crippen LogP contribution in [0.5, 0.6) is 0 Å². The molecule has 0 saturated carbocycles. The maximum absolute atomic E-state index is 13.0. The molecule has 0 aromatic heterocycles. The number of amides is 2. The molecule has 0 aliphatic heterocycles. The van der Waals surface area contributed by atoms with Crippen LogP contribution in [0.3, 0.4) is 0 Å². The van der Waals surface area contributed by atoms with E-state index in [9.17, 15) is 24.3 Å². The molecule has 2 aromatic rings. The summed E-state index contributed by atoms with van der Waals surface area (Å²) in [7, 11) is 0. The van der Waals surface area contributed by atoms with E-state index in [0.717, 1.165) is 24.2 Å². The van der Waals surface area contributed by atoms with Crippen LogP contribution in [0.2, 0.25) is 0 Å². The van der Waals surface area contributed by atoms with Crippen LogP contribution in [-0.2, 0) is 32.0 Å². The molecular formula is C29H38N2O5S. The van der Waals surface area contributed by atoms with E-state index in [-0.39, 0.29) is 29.8 Å². The minimum absolute atomic E-state index is 0.0273. The summed E-state index contributed by atoms with van der Waals surface area (Å²) in [6, 6.07) is 18.7. The quantitative estimate of drug-likeness (QED) is 0.270. The molecule has 2 amide bonds. The average molecular weight is 527 g/mol. The van der Waals surface area contributed by atoms with Crippen molar-refractivity contribution < 1.29 is 24.3 Å². The Hall–Kier alpha value is -3.13. The smallest absolute Gasteiger partial charge is 0.305 e. The van der Waals surface area contributed by atoms with Gasteiger partial charge in [-0.25, -0.2) is 0 Å². The molecule has 0 saturated heterocycles. The topological polar surface area (TPSA) is 113 Å². The lowest BCUT2D eigenvalue weighted by atomic mass is 9.90. The van der Waals surface area contributed by atoms with Gasteiger partial charge in [0, 0.05) is 18.9 Å². The van der Waals surface area contributed by atoms with E-state index in [1.165, 1.54) is 17.3 Å². The van der Waals surface area contributed by atoms with Crippen LogP contribution >= 0.6 is 11.8 Å². The second-order valence-electron chi connectivity index (χ2n) is 9.41. The van der Waals surface area contributed by atoms with Crippen molar-refractivity contribution in [2.24, 2.45) is 11.8 Å². The highest BCUT2D eigenvalue weighted by Gasteiger charge is 2.30. The van der Waals surface area contributed by atoms with Crippen molar-refractivity contribution in [1.29, 1.82) is 0 Å². The van der Waals surface area contributed by atoms with Gasteiger partial charge >= 0.3 is 5.97 Å². The molecule has 0 aliphatic rings. The summed E-state index contributed by atoms with van der Waals surface area (Å²) in [6.07, 6.45) is 1.97. The number of carbonyl (C=O) groups is 4. The Morgan fingerprint density at radius 1 is 0.865 bits per heavy atom. The predicted octanol–water partition coefficient (Wildman–Crippen LogP) is 3.90. The molecule has 2 rings (SSSR count). The van der Waals surface area contributed by atoms with Gasteiger partial charge in [-0.3, -0.25) is 19.2 Å². The number of thioether (sulfide) groups is 1. The average Bonchev–Trinajstić information content (AvgIpc) is 2.87. The molecule has 2 unspecified atom stereocenters. The fourth-order valence-corrected chi connectivity index (χ4v) is 4.78. The molecule has 3 N–H and O–H groups in total. The number of ketones is 1. The third-order valence-corrected chi connectivity index (χ3v) is 7.12. The fraction of sp³-hybridized carbons (Fsp3) is 0.448. The first-order valence-corrected chi connectivity index (χ1v) is 13.9. The highest BCUT2D eigenvalue weighted by molar-refractivity contribution is 7.99. The van der Waals surface area contributed by atoms with Crippen LogP contribution in [0.15, 0.2) is 60.7 Å². The number of hydrogen-bond donors (Lipinski definition) is 3. The van der Waals surface area contributed by atoms with Gasteiger partial charge in [0.1, 0.15) is 0 Å². The first-order chi connectivity index (χ1) is 17.8. The molecule has 0 fully saturated rings. The summed E-state index contributed by atoms with van der Waals surface area (Å²) in [6.45, 7) is 4.12. The van der Waals surface area contributed by atoms with Crippen molar-refractivity contribution in [3.8, 4) is 0 Å². The zero-order valence-corrected chi connectivity index (χ0v) is 22.5. The van der Waals surface area contributed by atoms with Crippen LogP contribution in [0.4, 0.5) is 0 Å². The van der Waals surface area contributed by atoms with E-state index in [1.54, 1.807) is 0 Å². The van der Waals surface area contributed by atoms with Gasteiger partial charge in [-0.1, -0.05) is 74.5 Å². The normalized spacial score (nSPS) is 12.5. The molecule has 0 aliphatic carbocycles. The maximum atomic E-state index is 13.0. The molecule has 37 heavy (non-hydrogen) atoms. The first kappa shape index (κ1) is 30.1. The Kier molecular flexibility index (Phi) is 13.5. The lowest BCUT2D eigenvalue weighted by molar-refractivity contribution is -0.140. The van der Waals surface area contributed by atoms with Crippen molar-refractivity contribution in [2.75, 3.05) is 18.1 Å². The molecule has 2 atom stereocenters. The number of Topliss-reactive ketones (excluding diaryl/α,β-unsaturated/α-hetero) is 1. The molecule has 0 spiro atoms. The molecule has 2 aromatic carbocycles. The Morgan fingerprint density at radius 3 is 2.03 bits per heavy atom. The second kappa shape index (κ2) is 16.6. The molecule has 0 bridgehead atoms. The number of rotatable bonds is 17. The summed E-state index contributed by atoms with van der Waals surface area (Å²) in [5.41, 5.74) is 2.34. The Morgan fingerprint density at radius 2 is 1.46 bits per heavy atom. The third-order valence-electron chi connectivity index (χ3n) is 6.05. The lowest BCUT2D eigenvalue weighted by Gasteiger charge is -2.23. The van der Waals surface area contributed by atoms with E-state index < -0.39 is 30.3 Å². The summed E-state index contributed by atoms with van der Waals surface area (Å²) in [4.78, 5) is 49.6. The van der Waals surface area contributed by atoms with Gasteiger partial charge in [0.25, 0.3) is 0 Å². The molecule has 0 radical (unpaired) electrons. The molecule has 200 valence electrons. The van der Waals surface area contributed by atoms with Crippen LogP contribution in [0.1, 0.15) is 44.2 Å². The number of aliphatic carboxylic acids is 1. The van der Waals surface area contributed by atoms with Gasteiger partial charge in [-0.15, -0.1) is 0 Å². The molecular weight excluding hydrogens is 488 g/mol. The summed E-state index contributed by atoms with van der Waals surface area (Å²) in [5, 5.41) is 14.8. The van der Waals surface area contributed by atoms with Gasteiger partial charge in [0.15, 0.2) is 5.78 Å². The minimum atomic E-state index is -1.16. The Labute approximate surface area is 223 Å². The summed E-state index contributed by atoms with van der Waals surface area (Å²) in [5.74, 6) is -2.15. The zero-order valence-electron chi connectivity index (χ0n) is 21.7. The van der Waals surface area contributed by atoms with E-state index in [1.807, 2.05) is 62.4 Å². The van der Waals surface area contributed by atoms with Crippen molar-refractivity contribution in [1.82, 2.24) is 10.6 Å². The third kappa shape index (κ3) is 12.1. The molecule has 0 heterocycles. The standard InChI is InChI=1S/C29H38N2O5S/c1-21(2)24(18-27(33)30-16-15-23-12-7-4-8-13-23)29(36)31-25(19-28(34)35)26(32)20-37-17-9-14-22-10-5-3-6-11-22/h3-8,10-13,21,24-25H,9,14-20H2,1-2H3,(H,30,33)(H,31,36)(H,34,35). The number of carbonyl (C=O) groups excluding carboxylic acids is 3. The van der Waals surface area contributed by atoms with Crippen LogP contribution in [-0.4, -0.2) is 52.8 Å². The second-order valence-corrected chi connectivity index (χ2v) is 10.5. The highest BCUT2D eigenvalue weighted by Crippen LogP contribution is 2.17. The highest BCUT2D eigenvalue weighted by atomic mass is 32.2. The van der Waals surface area contributed by atoms with Gasteiger partial charge < -0.3 is 15.7 Å². The van der Waals surface area contributed by atoms with Crippen molar-refractivity contribution in [2.45, 2.75) is 52.0 Å². The van der Waals surface area contributed by atoms with Gasteiger partial charge in [-0.2, -0.15) is 11.8 Å². The summed E-state index contributed by atoms with van der Waals surface area (Å²) >= 11 is 1.44. The van der Waals surface area contributed by atoms with Crippen molar-refractivity contribution in [3.63, 3.8) is 0 Å². The van der Waals surface area contributed by atoms with Crippen molar-refractivity contribution in [3.05, 3.63) is 71.8 Å². The largest absolute Gasteiger partial charge is 0.481 e. The minimum Gasteiger partial charge on any atom is -0.481 e. The Bertz CT molecular complexity index is 998. The van der Waals surface area contributed by atoms with E-state index in [0.29, 0.717) is 13.0 Å². The number of carboxylic acid groups (broad SMARTS) is 1. The molecule has 7 nitrogen and oxygen atoms in total. The number of aryl methyl sites for hydroxylation is 1. The van der Waals surface area contributed by atoms with E-state index in [4.69, 9.17) is 0 Å². The number of hydrogen-bond acceptors (Lipinski definition) is 5.